The highest BCUT2D eigenvalue weighted by atomic mass is 35.5. The van der Waals surface area contributed by atoms with Gasteiger partial charge in [0.1, 0.15) is 0 Å². The van der Waals surface area contributed by atoms with Crippen LogP contribution in [0.1, 0.15) is 20.9 Å². The zero-order valence-electron chi connectivity index (χ0n) is 13.4. The first-order valence-electron chi connectivity index (χ1n) is 7.22. The molecule has 0 saturated heterocycles. The van der Waals surface area contributed by atoms with Gasteiger partial charge in [0.25, 0.3) is 0 Å². The number of aryl methyl sites for hydroxylation is 1. The van der Waals surface area contributed by atoms with Crippen molar-refractivity contribution in [3.63, 3.8) is 0 Å². The van der Waals surface area contributed by atoms with Crippen molar-refractivity contribution in [1.29, 1.82) is 0 Å². The van der Waals surface area contributed by atoms with Crippen LogP contribution in [-0.2, 0) is 13.0 Å². The van der Waals surface area contributed by atoms with Gasteiger partial charge in [-0.15, -0.1) is 11.3 Å². The molecule has 0 radical (unpaired) electrons. The van der Waals surface area contributed by atoms with Crippen molar-refractivity contribution < 1.29 is 4.79 Å². The first-order chi connectivity index (χ1) is 10.9. The molecule has 0 saturated carbocycles. The third kappa shape index (κ3) is 4.77. The number of allylic oxidation sites excluding steroid dienone is 1. The normalized spacial score (nSPS) is 11.1. The lowest BCUT2D eigenvalue weighted by Crippen LogP contribution is -2.06. The lowest BCUT2D eigenvalue weighted by molar-refractivity contribution is 0.104. The van der Waals surface area contributed by atoms with Crippen molar-refractivity contribution in [3.05, 3.63) is 61.7 Å². The molecule has 1 heterocycles. The zero-order chi connectivity index (χ0) is 17.0. The Hall–Kier alpha value is -1.43. The summed E-state index contributed by atoms with van der Waals surface area (Å²) in [5.74, 6) is -0.00228. The van der Waals surface area contributed by atoms with Gasteiger partial charge >= 0.3 is 0 Å². The summed E-state index contributed by atoms with van der Waals surface area (Å²) in [7, 11) is 3.77. The third-order valence-corrected chi connectivity index (χ3v) is 5.25. The van der Waals surface area contributed by atoms with Gasteiger partial charge in [-0.25, -0.2) is 0 Å². The fourth-order valence-corrected chi connectivity index (χ4v) is 3.69. The van der Waals surface area contributed by atoms with E-state index in [4.69, 9.17) is 23.8 Å². The molecule has 1 aromatic carbocycles. The summed E-state index contributed by atoms with van der Waals surface area (Å²) in [6.07, 6.45) is 4.18. The molecule has 122 valence electrons. The lowest BCUT2D eigenvalue weighted by atomic mass is 10.1. The summed E-state index contributed by atoms with van der Waals surface area (Å²) in [4.78, 5) is 14.8. The fraction of sp³-hybridized carbons (Fsp3) is 0.294. The monoisotopic (exact) mass is 366 g/mol. The molecule has 0 amide bonds. The molecule has 0 aliphatic rings. The van der Waals surface area contributed by atoms with Gasteiger partial charge in [-0.05, 0) is 43.3 Å². The van der Waals surface area contributed by atoms with Gasteiger partial charge in [0.15, 0.2) is 9.74 Å². The van der Waals surface area contributed by atoms with Crippen LogP contribution >= 0.6 is 35.2 Å². The fourth-order valence-electron chi connectivity index (χ4n) is 2.15. The lowest BCUT2D eigenvalue weighted by Gasteiger charge is -2.07. The van der Waals surface area contributed by atoms with E-state index in [0.717, 1.165) is 27.6 Å². The molecule has 0 aliphatic heterocycles. The van der Waals surface area contributed by atoms with E-state index < -0.39 is 0 Å². The molecule has 0 bridgehead atoms. The van der Waals surface area contributed by atoms with Crippen molar-refractivity contribution in [3.8, 4) is 0 Å². The number of hydrogen-bond acceptors (Lipinski definition) is 4. The van der Waals surface area contributed by atoms with Gasteiger partial charge in [0.2, 0.25) is 0 Å². The van der Waals surface area contributed by atoms with E-state index in [1.807, 2.05) is 54.8 Å². The quantitative estimate of drug-likeness (QED) is 0.419. The second-order valence-electron chi connectivity index (χ2n) is 5.45. The van der Waals surface area contributed by atoms with Gasteiger partial charge in [-0.1, -0.05) is 23.7 Å². The van der Waals surface area contributed by atoms with Crippen molar-refractivity contribution in [1.82, 2.24) is 9.47 Å². The Morgan fingerprint density at radius 2 is 2.00 bits per heavy atom. The van der Waals surface area contributed by atoms with Crippen LogP contribution in [0, 0.1) is 10.9 Å². The minimum atomic E-state index is -0.00228. The van der Waals surface area contributed by atoms with Crippen LogP contribution in [0.5, 0.6) is 0 Å². The summed E-state index contributed by atoms with van der Waals surface area (Å²) in [5, 5.41) is 0.734. The molecule has 0 spiro atoms. The van der Waals surface area contributed by atoms with Crippen LogP contribution in [0.15, 0.2) is 36.5 Å². The largest absolute Gasteiger partial charge is 0.383 e. The summed E-state index contributed by atoms with van der Waals surface area (Å²) in [6.45, 7) is 2.71. The predicted molar refractivity (Wildman–Crippen MR) is 100 cm³/mol. The van der Waals surface area contributed by atoms with Gasteiger partial charge in [0.05, 0.1) is 4.88 Å². The van der Waals surface area contributed by atoms with Crippen LogP contribution in [0.3, 0.4) is 0 Å². The van der Waals surface area contributed by atoms with E-state index in [2.05, 4.69) is 0 Å². The highest BCUT2D eigenvalue weighted by Gasteiger charge is 2.14. The molecule has 0 fully saturated rings. The van der Waals surface area contributed by atoms with Crippen molar-refractivity contribution in [2.24, 2.45) is 0 Å². The number of carbonyl (C=O) groups excluding carboxylic acids is 1. The summed E-state index contributed by atoms with van der Waals surface area (Å²) >= 11 is 12.7. The number of carbonyl (C=O) groups is 1. The van der Waals surface area contributed by atoms with E-state index in [0.29, 0.717) is 4.88 Å². The predicted octanol–water partition coefficient (Wildman–Crippen LogP) is 4.74. The highest BCUT2D eigenvalue weighted by Crippen LogP contribution is 2.21. The maximum atomic E-state index is 12.3. The van der Waals surface area contributed by atoms with Crippen LogP contribution < -0.4 is 0 Å². The summed E-state index contributed by atoms with van der Waals surface area (Å²) in [6, 6.07) is 7.80. The molecule has 0 unspecified atom stereocenters. The van der Waals surface area contributed by atoms with Crippen molar-refractivity contribution in [2.45, 2.75) is 19.9 Å². The number of halogens is 1. The van der Waals surface area contributed by atoms with Crippen molar-refractivity contribution in [2.75, 3.05) is 14.1 Å². The molecule has 0 N–H and O–H groups in total. The van der Waals surface area contributed by atoms with E-state index in [1.165, 1.54) is 16.9 Å². The Morgan fingerprint density at radius 3 is 2.61 bits per heavy atom. The standard InChI is InChI=1S/C17H19ClN2OS2/c1-12-16(15(21)9-10-19(2)3)23-17(22)20(12)11-8-13-4-6-14(18)7-5-13/h4-7,9-10H,8,11H2,1-3H3. The Kier molecular flexibility index (Phi) is 6.16. The van der Waals surface area contributed by atoms with E-state index >= 15 is 0 Å². The second kappa shape index (κ2) is 7.90. The zero-order valence-corrected chi connectivity index (χ0v) is 15.8. The first-order valence-corrected chi connectivity index (χ1v) is 8.82. The van der Waals surface area contributed by atoms with Gasteiger partial charge < -0.3 is 9.47 Å². The molecule has 23 heavy (non-hydrogen) atoms. The average Bonchev–Trinajstić information content (AvgIpc) is 2.79. The Balaban J connectivity index is 2.16. The first kappa shape index (κ1) is 17.9. The highest BCUT2D eigenvalue weighted by molar-refractivity contribution is 7.73. The number of thiazole rings is 1. The van der Waals surface area contributed by atoms with E-state index in [-0.39, 0.29) is 5.78 Å². The second-order valence-corrected chi connectivity index (χ2v) is 7.53. The number of ketones is 1. The van der Waals surface area contributed by atoms with Crippen molar-refractivity contribution >= 4 is 40.9 Å². The molecule has 1 aromatic heterocycles. The minimum Gasteiger partial charge on any atom is -0.383 e. The summed E-state index contributed by atoms with van der Waals surface area (Å²) < 4.78 is 2.77. The minimum absolute atomic E-state index is 0.00228. The molecule has 2 rings (SSSR count). The smallest absolute Gasteiger partial charge is 0.199 e. The molecule has 0 aliphatic carbocycles. The van der Waals surface area contributed by atoms with E-state index in [1.54, 1.807) is 12.3 Å². The van der Waals surface area contributed by atoms with Crippen LogP contribution in [0.2, 0.25) is 5.02 Å². The number of benzene rings is 1. The molecule has 6 heteroatoms. The van der Waals surface area contributed by atoms with Gasteiger partial charge in [-0.3, -0.25) is 4.79 Å². The maximum Gasteiger partial charge on any atom is 0.199 e. The number of aromatic nitrogens is 1. The summed E-state index contributed by atoms with van der Waals surface area (Å²) in [5.41, 5.74) is 2.13. The Labute approximate surface area is 150 Å². The molecular formula is C17H19ClN2OS2. The average molecular weight is 367 g/mol. The Morgan fingerprint density at radius 1 is 1.35 bits per heavy atom. The van der Waals surface area contributed by atoms with Gasteiger partial charge in [-0.2, -0.15) is 0 Å². The number of nitrogens with zero attached hydrogens (tertiary/aromatic N) is 2. The van der Waals surface area contributed by atoms with Crippen LogP contribution in [0.4, 0.5) is 0 Å². The third-order valence-electron chi connectivity index (χ3n) is 3.43. The maximum absolute atomic E-state index is 12.3. The number of hydrogen-bond donors (Lipinski definition) is 0. The molecular weight excluding hydrogens is 348 g/mol. The van der Waals surface area contributed by atoms with Gasteiger partial charge in [0, 0.05) is 43.6 Å². The van der Waals surface area contributed by atoms with Crippen LogP contribution in [-0.4, -0.2) is 29.3 Å². The molecule has 0 atom stereocenters. The van der Waals surface area contributed by atoms with E-state index in [9.17, 15) is 4.79 Å². The Bertz CT molecular complexity index is 773. The molecule has 3 nitrogen and oxygen atoms in total. The SMILES string of the molecule is Cc1c(C(=O)C=CN(C)C)sc(=S)n1CCc1ccc(Cl)cc1. The van der Waals surface area contributed by atoms with Crippen LogP contribution in [0.25, 0.3) is 0 Å². The number of rotatable bonds is 6. The topological polar surface area (TPSA) is 25.2 Å². The molecule has 2 aromatic rings.